The molecule has 0 aromatic rings. The third-order valence-electron chi connectivity index (χ3n) is 2.53. The summed E-state index contributed by atoms with van der Waals surface area (Å²) in [6.07, 6.45) is -0.0405. The Labute approximate surface area is 87.3 Å². The van der Waals surface area contributed by atoms with E-state index in [0.717, 1.165) is 0 Å². The molecule has 0 radical (unpaired) electrons. The summed E-state index contributed by atoms with van der Waals surface area (Å²) in [5.41, 5.74) is 7.12. The number of nitrogens with zero attached hydrogens (tertiary/aromatic N) is 4. The number of piperidine rings is 1. The fourth-order valence-electron chi connectivity index (χ4n) is 1.69. The van der Waals surface area contributed by atoms with Crippen molar-refractivity contribution in [2.75, 3.05) is 20.2 Å². The van der Waals surface area contributed by atoms with Crippen molar-refractivity contribution in [2.45, 2.75) is 25.0 Å². The van der Waals surface area contributed by atoms with Crippen LogP contribution in [-0.2, 0) is 4.74 Å². The number of hydrogen-bond acceptors (Lipinski definition) is 4. The number of carbonyl (C=O) groups is 1. The Morgan fingerprint density at radius 1 is 1.80 bits per heavy atom. The molecule has 7 nitrogen and oxygen atoms in total. The molecule has 0 aromatic heterocycles. The second kappa shape index (κ2) is 4.37. The monoisotopic (exact) mass is 214 g/mol. The molecule has 7 heteroatoms. The molecular formula is C8H14N4O3. The van der Waals surface area contributed by atoms with Crippen LogP contribution in [0.5, 0.6) is 0 Å². The van der Waals surface area contributed by atoms with Gasteiger partial charge in [0.1, 0.15) is 0 Å². The molecule has 1 fully saturated rings. The Morgan fingerprint density at radius 2 is 2.47 bits per heavy atom. The van der Waals surface area contributed by atoms with Crippen molar-refractivity contribution < 1.29 is 14.6 Å². The average molecular weight is 214 g/mol. The number of rotatable bonds is 1. The number of methoxy groups -OCH3 is 1. The molecule has 15 heavy (non-hydrogen) atoms. The molecule has 1 rings (SSSR count). The van der Waals surface area contributed by atoms with Crippen LogP contribution in [0.15, 0.2) is 5.11 Å². The molecule has 1 aliphatic heterocycles. The highest BCUT2D eigenvalue weighted by atomic mass is 16.5. The quantitative estimate of drug-likeness (QED) is 0.398. The van der Waals surface area contributed by atoms with Crippen LogP contribution in [-0.4, -0.2) is 47.9 Å². The second-order valence-corrected chi connectivity index (χ2v) is 3.76. The average Bonchev–Trinajstić information content (AvgIpc) is 2.19. The Balaban J connectivity index is 2.72. The van der Waals surface area contributed by atoms with Crippen LogP contribution >= 0.6 is 0 Å². The van der Waals surface area contributed by atoms with Crippen LogP contribution in [0.25, 0.3) is 10.4 Å². The van der Waals surface area contributed by atoms with Crippen molar-refractivity contribution in [3.05, 3.63) is 10.4 Å². The zero-order valence-corrected chi connectivity index (χ0v) is 8.75. The molecule has 0 aliphatic carbocycles. The Bertz CT molecular complexity index is 298. The molecule has 1 N–H and O–H groups in total. The molecular weight excluding hydrogens is 200 g/mol. The number of amides is 1. The summed E-state index contributed by atoms with van der Waals surface area (Å²) in [6.45, 7) is 2.08. The van der Waals surface area contributed by atoms with E-state index < -0.39 is 17.7 Å². The zero-order valence-electron chi connectivity index (χ0n) is 8.75. The molecule has 1 amide bonds. The number of hydrogen-bond donors (Lipinski definition) is 1. The van der Waals surface area contributed by atoms with Gasteiger partial charge < -0.3 is 14.7 Å². The van der Waals surface area contributed by atoms with E-state index in [-0.39, 0.29) is 6.54 Å². The summed E-state index contributed by atoms with van der Waals surface area (Å²) in [5.74, 6) is 0. The van der Waals surface area contributed by atoms with Gasteiger partial charge in [0.15, 0.2) is 0 Å². The fourth-order valence-corrected chi connectivity index (χ4v) is 1.69. The summed E-state index contributed by atoms with van der Waals surface area (Å²) in [5, 5.41) is 13.5. The van der Waals surface area contributed by atoms with Crippen LogP contribution < -0.4 is 0 Å². The minimum absolute atomic E-state index is 0.114. The van der Waals surface area contributed by atoms with Crippen LogP contribution in [0.1, 0.15) is 13.3 Å². The van der Waals surface area contributed by atoms with E-state index in [1.807, 2.05) is 0 Å². The van der Waals surface area contributed by atoms with Crippen LogP contribution in [0.2, 0.25) is 0 Å². The van der Waals surface area contributed by atoms with Gasteiger partial charge in [-0.3, -0.25) is 0 Å². The maximum atomic E-state index is 11.2. The molecule has 0 aromatic carbocycles. The van der Waals surface area contributed by atoms with E-state index in [0.29, 0.717) is 13.0 Å². The van der Waals surface area contributed by atoms with Crippen LogP contribution in [0, 0.1) is 0 Å². The lowest BCUT2D eigenvalue weighted by Gasteiger charge is -2.40. The van der Waals surface area contributed by atoms with Crippen molar-refractivity contribution in [3.63, 3.8) is 0 Å². The van der Waals surface area contributed by atoms with Gasteiger partial charge in [0.2, 0.25) is 0 Å². The fraction of sp³-hybridized carbons (Fsp3) is 0.875. The number of β-amino-alcohol motifs (C(OH)–C–C–N with tert-alkyl or cyclic N) is 1. The number of ether oxygens (including phenoxy) is 1. The zero-order chi connectivity index (χ0) is 11.5. The molecule has 0 unspecified atom stereocenters. The first-order valence-corrected chi connectivity index (χ1v) is 4.60. The van der Waals surface area contributed by atoms with Crippen molar-refractivity contribution in [1.29, 1.82) is 0 Å². The third kappa shape index (κ3) is 2.51. The Hall–Kier alpha value is -1.46. The SMILES string of the molecule is COC(=O)N1CC[C@@H](N=[N+]=[N-])[C@](C)(O)C1. The van der Waals surface area contributed by atoms with Gasteiger partial charge in [-0.15, -0.1) is 0 Å². The number of carbonyl (C=O) groups excluding carboxylic acids is 1. The summed E-state index contributed by atoms with van der Waals surface area (Å²) in [6, 6.07) is -0.497. The highest BCUT2D eigenvalue weighted by molar-refractivity contribution is 5.67. The predicted molar refractivity (Wildman–Crippen MR) is 52.2 cm³/mol. The van der Waals surface area contributed by atoms with Crippen molar-refractivity contribution in [3.8, 4) is 0 Å². The van der Waals surface area contributed by atoms with E-state index in [2.05, 4.69) is 14.8 Å². The van der Waals surface area contributed by atoms with Crippen LogP contribution in [0.4, 0.5) is 4.79 Å². The van der Waals surface area contributed by atoms with Crippen molar-refractivity contribution in [1.82, 2.24) is 4.90 Å². The molecule has 1 aliphatic rings. The summed E-state index contributed by atoms with van der Waals surface area (Å²) in [4.78, 5) is 15.3. The first-order valence-electron chi connectivity index (χ1n) is 4.60. The molecule has 2 atom stereocenters. The number of aliphatic hydroxyl groups is 1. The maximum absolute atomic E-state index is 11.2. The summed E-state index contributed by atoms with van der Waals surface area (Å²) in [7, 11) is 1.29. The van der Waals surface area contributed by atoms with E-state index in [9.17, 15) is 9.90 Å². The summed E-state index contributed by atoms with van der Waals surface area (Å²) >= 11 is 0. The maximum Gasteiger partial charge on any atom is 0.409 e. The lowest BCUT2D eigenvalue weighted by Crippen LogP contribution is -2.55. The van der Waals surface area contributed by atoms with Gasteiger partial charge >= 0.3 is 6.09 Å². The normalized spacial score (nSPS) is 30.6. The minimum atomic E-state index is -1.20. The third-order valence-corrected chi connectivity index (χ3v) is 2.53. The lowest BCUT2D eigenvalue weighted by molar-refractivity contribution is -0.0279. The van der Waals surface area contributed by atoms with Crippen molar-refractivity contribution >= 4 is 6.09 Å². The first-order chi connectivity index (χ1) is 7.01. The topological polar surface area (TPSA) is 98.5 Å². The highest BCUT2D eigenvalue weighted by Crippen LogP contribution is 2.24. The first kappa shape index (κ1) is 11.6. The summed E-state index contributed by atoms with van der Waals surface area (Å²) < 4.78 is 4.55. The smallest absolute Gasteiger partial charge is 0.409 e. The van der Waals surface area contributed by atoms with Gasteiger partial charge in [-0.05, 0) is 18.9 Å². The van der Waals surface area contributed by atoms with E-state index in [1.54, 1.807) is 6.92 Å². The molecule has 1 heterocycles. The van der Waals surface area contributed by atoms with E-state index in [4.69, 9.17) is 5.53 Å². The standard InChI is InChI=1S/C8H14N4O3/c1-8(14)5-12(7(13)15-2)4-3-6(8)10-11-9/h6,14H,3-5H2,1-2H3/t6-,8-/m1/s1. The van der Waals surface area contributed by atoms with Gasteiger partial charge in [0.25, 0.3) is 0 Å². The molecule has 1 saturated heterocycles. The van der Waals surface area contributed by atoms with Gasteiger partial charge in [0, 0.05) is 11.5 Å². The number of likely N-dealkylation sites (tertiary alicyclic amines) is 1. The van der Waals surface area contributed by atoms with Crippen LogP contribution in [0.3, 0.4) is 0 Å². The van der Waals surface area contributed by atoms with Crippen molar-refractivity contribution in [2.24, 2.45) is 5.11 Å². The lowest BCUT2D eigenvalue weighted by atomic mass is 9.90. The second-order valence-electron chi connectivity index (χ2n) is 3.76. The molecule has 84 valence electrons. The Morgan fingerprint density at radius 3 is 2.93 bits per heavy atom. The minimum Gasteiger partial charge on any atom is -0.453 e. The van der Waals surface area contributed by atoms with Gasteiger partial charge in [0.05, 0.1) is 25.3 Å². The largest absolute Gasteiger partial charge is 0.453 e. The van der Waals surface area contributed by atoms with Gasteiger partial charge in [-0.25, -0.2) is 4.79 Å². The molecule has 0 bridgehead atoms. The van der Waals surface area contributed by atoms with Gasteiger partial charge in [-0.1, -0.05) is 5.11 Å². The molecule has 0 spiro atoms. The van der Waals surface area contributed by atoms with E-state index in [1.165, 1.54) is 12.0 Å². The van der Waals surface area contributed by atoms with Gasteiger partial charge in [-0.2, -0.15) is 0 Å². The highest BCUT2D eigenvalue weighted by Gasteiger charge is 2.39. The Kier molecular flexibility index (Phi) is 3.39. The molecule has 0 saturated carbocycles. The van der Waals surface area contributed by atoms with E-state index >= 15 is 0 Å². The number of azide groups is 1. The predicted octanol–water partition coefficient (Wildman–Crippen LogP) is 0.888.